The summed E-state index contributed by atoms with van der Waals surface area (Å²) in [5.74, 6) is 0.928. The van der Waals surface area contributed by atoms with Gasteiger partial charge in [-0.3, -0.25) is 0 Å². The van der Waals surface area contributed by atoms with Gasteiger partial charge in [-0.05, 0) is 42.0 Å². The second kappa shape index (κ2) is 7.06. The fourth-order valence-corrected chi connectivity index (χ4v) is 1.94. The monoisotopic (exact) mass is 291 g/mol. The van der Waals surface area contributed by atoms with Crippen LogP contribution in [-0.2, 0) is 6.61 Å². The Labute approximate surface area is 122 Å². The fourth-order valence-electron chi connectivity index (χ4n) is 1.94. The SMILES string of the molecule is COc1ccc([C@@H](N)CO)cc1COc1ccc(F)cc1. The van der Waals surface area contributed by atoms with Gasteiger partial charge in [-0.15, -0.1) is 0 Å². The van der Waals surface area contributed by atoms with E-state index >= 15 is 0 Å². The van der Waals surface area contributed by atoms with Gasteiger partial charge in [0.15, 0.2) is 0 Å². The molecule has 0 fully saturated rings. The largest absolute Gasteiger partial charge is 0.496 e. The van der Waals surface area contributed by atoms with E-state index in [2.05, 4.69) is 0 Å². The third-order valence-electron chi connectivity index (χ3n) is 3.14. The molecule has 0 unspecified atom stereocenters. The molecular weight excluding hydrogens is 273 g/mol. The molecule has 2 rings (SSSR count). The molecule has 0 aliphatic heterocycles. The van der Waals surface area contributed by atoms with Gasteiger partial charge < -0.3 is 20.3 Å². The first-order valence-corrected chi connectivity index (χ1v) is 6.55. The smallest absolute Gasteiger partial charge is 0.125 e. The van der Waals surface area contributed by atoms with Crippen molar-refractivity contribution in [2.75, 3.05) is 13.7 Å². The molecule has 0 amide bonds. The van der Waals surface area contributed by atoms with Gasteiger partial charge >= 0.3 is 0 Å². The molecule has 21 heavy (non-hydrogen) atoms. The maximum atomic E-state index is 12.8. The number of rotatable bonds is 6. The molecule has 112 valence electrons. The molecule has 0 aromatic heterocycles. The minimum atomic E-state index is -0.444. The van der Waals surface area contributed by atoms with Crippen LogP contribution in [0.1, 0.15) is 17.2 Å². The van der Waals surface area contributed by atoms with Crippen LogP contribution in [0.3, 0.4) is 0 Å². The van der Waals surface area contributed by atoms with E-state index in [-0.39, 0.29) is 19.0 Å². The van der Waals surface area contributed by atoms with Gasteiger partial charge in [0.05, 0.1) is 19.8 Å². The van der Waals surface area contributed by atoms with Crippen LogP contribution in [0.15, 0.2) is 42.5 Å². The number of aliphatic hydroxyl groups excluding tert-OH is 1. The molecule has 0 spiro atoms. The lowest BCUT2D eigenvalue weighted by Gasteiger charge is -2.14. The van der Waals surface area contributed by atoms with Crippen LogP contribution < -0.4 is 15.2 Å². The molecule has 0 heterocycles. The third-order valence-corrected chi connectivity index (χ3v) is 3.14. The highest BCUT2D eigenvalue weighted by molar-refractivity contribution is 5.38. The highest BCUT2D eigenvalue weighted by Crippen LogP contribution is 2.24. The standard InChI is InChI=1S/C16H18FNO3/c1-20-16-7-2-11(15(18)9-19)8-12(16)10-21-14-5-3-13(17)4-6-14/h2-8,15,19H,9-10,18H2,1H3/t15-/m0/s1. The number of halogens is 1. The lowest BCUT2D eigenvalue weighted by atomic mass is 10.0. The molecule has 1 atom stereocenters. The van der Waals surface area contributed by atoms with Crippen molar-refractivity contribution < 1.29 is 19.0 Å². The van der Waals surface area contributed by atoms with Crippen molar-refractivity contribution in [3.63, 3.8) is 0 Å². The third kappa shape index (κ3) is 3.93. The van der Waals surface area contributed by atoms with Crippen molar-refractivity contribution >= 4 is 0 Å². The Hall–Kier alpha value is -2.11. The molecule has 0 saturated carbocycles. The van der Waals surface area contributed by atoms with Crippen LogP contribution in [0.4, 0.5) is 4.39 Å². The minimum Gasteiger partial charge on any atom is -0.496 e. The molecule has 4 nitrogen and oxygen atoms in total. The summed E-state index contributed by atoms with van der Waals surface area (Å²) in [6.45, 7) is 0.130. The lowest BCUT2D eigenvalue weighted by Crippen LogP contribution is -2.15. The predicted molar refractivity (Wildman–Crippen MR) is 77.7 cm³/mol. The second-order valence-electron chi connectivity index (χ2n) is 4.60. The average Bonchev–Trinajstić information content (AvgIpc) is 2.53. The molecule has 0 bridgehead atoms. The van der Waals surface area contributed by atoms with E-state index in [0.29, 0.717) is 11.5 Å². The summed E-state index contributed by atoms with van der Waals surface area (Å²) in [7, 11) is 1.57. The topological polar surface area (TPSA) is 64.7 Å². The fraction of sp³-hybridized carbons (Fsp3) is 0.250. The summed E-state index contributed by atoms with van der Waals surface area (Å²) in [6.07, 6.45) is 0. The van der Waals surface area contributed by atoms with Crippen LogP contribution >= 0.6 is 0 Å². The first kappa shape index (κ1) is 15.3. The van der Waals surface area contributed by atoms with Crippen LogP contribution in [0.25, 0.3) is 0 Å². The van der Waals surface area contributed by atoms with Crippen molar-refractivity contribution in [1.29, 1.82) is 0 Å². The Morgan fingerprint density at radius 1 is 1.19 bits per heavy atom. The van der Waals surface area contributed by atoms with Crippen molar-refractivity contribution in [3.05, 3.63) is 59.4 Å². The quantitative estimate of drug-likeness (QED) is 0.858. The zero-order chi connectivity index (χ0) is 15.2. The molecule has 2 aromatic rings. The number of aliphatic hydroxyl groups is 1. The van der Waals surface area contributed by atoms with Crippen molar-refractivity contribution in [2.45, 2.75) is 12.6 Å². The zero-order valence-corrected chi connectivity index (χ0v) is 11.8. The Balaban J connectivity index is 2.15. The first-order chi connectivity index (χ1) is 10.1. The van der Waals surface area contributed by atoms with Gasteiger partial charge in [0.25, 0.3) is 0 Å². The van der Waals surface area contributed by atoms with Crippen LogP contribution in [0.2, 0.25) is 0 Å². The van der Waals surface area contributed by atoms with Gasteiger partial charge in [-0.2, -0.15) is 0 Å². The van der Waals surface area contributed by atoms with Gasteiger partial charge in [0.1, 0.15) is 23.9 Å². The number of benzene rings is 2. The van der Waals surface area contributed by atoms with E-state index in [4.69, 9.17) is 20.3 Å². The first-order valence-electron chi connectivity index (χ1n) is 6.55. The van der Waals surface area contributed by atoms with Crippen LogP contribution in [-0.4, -0.2) is 18.8 Å². The maximum Gasteiger partial charge on any atom is 0.125 e. The second-order valence-corrected chi connectivity index (χ2v) is 4.60. The van der Waals surface area contributed by atoms with Gasteiger partial charge in [0.2, 0.25) is 0 Å². The number of methoxy groups -OCH3 is 1. The van der Waals surface area contributed by atoms with E-state index in [1.807, 2.05) is 6.07 Å². The van der Waals surface area contributed by atoms with E-state index in [1.54, 1.807) is 31.4 Å². The summed E-state index contributed by atoms with van der Waals surface area (Å²) in [5, 5.41) is 9.12. The van der Waals surface area contributed by atoms with Gasteiger partial charge in [0, 0.05) is 5.56 Å². The molecule has 2 aromatic carbocycles. The number of hydrogen-bond donors (Lipinski definition) is 2. The number of nitrogens with two attached hydrogens (primary N) is 1. The van der Waals surface area contributed by atoms with E-state index < -0.39 is 6.04 Å². The summed E-state index contributed by atoms with van der Waals surface area (Å²) in [6, 6.07) is 10.8. The average molecular weight is 291 g/mol. The molecule has 0 aliphatic carbocycles. The predicted octanol–water partition coefficient (Wildman–Crippen LogP) is 2.41. The van der Waals surface area contributed by atoms with Crippen molar-refractivity contribution in [1.82, 2.24) is 0 Å². The Bertz CT molecular complexity index is 587. The zero-order valence-electron chi connectivity index (χ0n) is 11.8. The van der Waals surface area contributed by atoms with Crippen molar-refractivity contribution in [3.8, 4) is 11.5 Å². The summed E-state index contributed by atoms with van der Waals surface area (Å²) < 4.78 is 23.7. The highest BCUT2D eigenvalue weighted by Gasteiger charge is 2.10. The van der Waals surface area contributed by atoms with Crippen LogP contribution in [0.5, 0.6) is 11.5 Å². The molecule has 0 radical (unpaired) electrons. The summed E-state index contributed by atoms with van der Waals surface area (Å²) in [4.78, 5) is 0. The molecule has 5 heteroatoms. The maximum absolute atomic E-state index is 12.8. The number of ether oxygens (including phenoxy) is 2. The van der Waals surface area contributed by atoms with Gasteiger partial charge in [-0.1, -0.05) is 6.07 Å². The Kier molecular flexibility index (Phi) is 5.14. The molecule has 0 aliphatic rings. The molecular formula is C16H18FNO3. The summed E-state index contributed by atoms with van der Waals surface area (Å²) >= 11 is 0. The Morgan fingerprint density at radius 2 is 1.90 bits per heavy atom. The highest BCUT2D eigenvalue weighted by atomic mass is 19.1. The Morgan fingerprint density at radius 3 is 2.52 bits per heavy atom. The lowest BCUT2D eigenvalue weighted by molar-refractivity contribution is 0.267. The van der Waals surface area contributed by atoms with Crippen molar-refractivity contribution in [2.24, 2.45) is 5.73 Å². The number of hydrogen-bond acceptors (Lipinski definition) is 4. The molecule has 3 N–H and O–H groups in total. The van der Waals surface area contributed by atoms with Crippen LogP contribution in [0, 0.1) is 5.82 Å². The van der Waals surface area contributed by atoms with E-state index in [9.17, 15) is 4.39 Å². The normalized spacial score (nSPS) is 12.0. The van der Waals surface area contributed by atoms with Gasteiger partial charge in [-0.25, -0.2) is 4.39 Å². The minimum absolute atomic E-state index is 0.134. The van der Waals surface area contributed by atoms with E-state index in [0.717, 1.165) is 11.1 Å². The summed E-state index contributed by atoms with van der Waals surface area (Å²) in [5.41, 5.74) is 7.42. The van der Waals surface area contributed by atoms with E-state index in [1.165, 1.54) is 12.1 Å². The molecule has 0 saturated heterocycles.